The van der Waals surface area contributed by atoms with E-state index in [1.165, 1.54) is 0 Å². The molecule has 4 nitrogen and oxygen atoms in total. The average Bonchev–Trinajstić information content (AvgIpc) is 2.48. The summed E-state index contributed by atoms with van der Waals surface area (Å²) in [5.74, 6) is -0.166. The van der Waals surface area contributed by atoms with E-state index >= 15 is 0 Å². The number of anilines is 1. The van der Waals surface area contributed by atoms with E-state index in [-0.39, 0.29) is 24.5 Å². The highest BCUT2D eigenvalue weighted by atomic mass is 16.2. The van der Waals surface area contributed by atoms with Crippen LogP contribution in [0.4, 0.5) is 5.69 Å². The summed E-state index contributed by atoms with van der Waals surface area (Å²) in [5.41, 5.74) is 3.38. The van der Waals surface area contributed by atoms with Gasteiger partial charge in [-0.05, 0) is 37.6 Å². The van der Waals surface area contributed by atoms with Crippen molar-refractivity contribution in [3.05, 3.63) is 59.4 Å². The Morgan fingerprint density at radius 1 is 1.05 bits per heavy atom. The summed E-state index contributed by atoms with van der Waals surface area (Å²) in [7, 11) is 0. The highest BCUT2D eigenvalue weighted by Crippen LogP contribution is 2.14. The van der Waals surface area contributed by atoms with Crippen LogP contribution in [0.5, 0.6) is 0 Å². The molecule has 0 radical (unpaired) electrons. The quantitative estimate of drug-likeness (QED) is 0.856. The Kier molecular flexibility index (Phi) is 4.82. The number of aryl methyl sites for hydroxylation is 2. The number of nitrogens with zero attached hydrogens (tertiary/aromatic N) is 1. The lowest BCUT2D eigenvalue weighted by Gasteiger charge is -2.07. The maximum Gasteiger partial charge on any atom is 0.224 e. The molecule has 0 aliphatic heterocycles. The van der Waals surface area contributed by atoms with Gasteiger partial charge in [0.2, 0.25) is 5.91 Å². The number of hydrogen-bond acceptors (Lipinski definition) is 3. The summed E-state index contributed by atoms with van der Waals surface area (Å²) in [6.45, 7) is 3.86. The number of hydrogen-bond donors (Lipinski definition) is 1. The summed E-state index contributed by atoms with van der Waals surface area (Å²) in [4.78, 5) is 27.9. The van der Waals surface area contributed by atoms with Crippen molar-refractivity contribution in [3.63, 3.8) is 0 Å². The topological polar surface area (TPSA) is 59.1 Å². The minimum absolute atomic E-state index is 0.000998. The number of ketones is 1. The molecule has 0 aliphatic rings. The molecular formula is C17H18N2O2. The smallest absolute Gasteiger partial charge is 0.224 e. The largest absolute Gasteiger partial charge is 0.326 e. The SMILES string of the molecule is Cc1ccc(C)c(C(=O)CCC(=O)Nc2ccncc2)c1. The molecule has 2 rings (SSSR count). The van der Waals surface area contributed by atoms with Crippen LogP contribution in [0.2, 0.25) is 0 Å². The zero-order chi connectivity index (χ0) is 15.2. The Labute approximate surface area is 124 Å². The van der Waals surface area contributed by atoms with Crippen molar-refractivity contribution in [1.29, 1.82) is 0 Å². The van der Waals surface area contributed by atoms with Gasteiger partial charge in [-0.3, -0.25) is 14.6 Å². The first-order chi connectivity index (χ1) is 10.1. The molecule has 21 heavy (non-hydrogen) atoms. The normalized spacial score (nSPS) is 10.2. The number of pyridine rings is 1. The molecule has 0 saturated heterocycles. The Bertz CT molecular complexity index is 651. The van der Waals surface area contributed by atoms with Gasteiger partial charge < -0.3 is 5.32 Å². The van der Waals surface area contributed by atoms with Crippen LogP contribution in [-0.4, -0.2) is 16.7 Å². The third-order valence-corrected chi connectivity index (χ3v) is 3.24. The predicted molar refractivity (Wildman–Crippen MR) is 82.3 cm³/mol. The van der Waals surface area contributed by atoms with Gasteiger partial charge in [0.05, 0.1) is 0 Å². The minimum Gasteiger partial charge on any atom is -0.326 e. The van der Waals surface area contributed by atoms with Crippen LogP contribution in [0.25, 0.3) is 0 Å². The van der Waals surface area contributed by atoms with Crippen LogP contribution in [0.15, 0.2) is 42.7 Å². The number of nitrogens with one attached hydrogen (secondary N) is 1. The van der Waals surface area contributed by atoms with E-state index in [1.807, 2.05) is 32.0 Å². The lowest BCUT2D eigenvalue weighted by Crippen LogP contribution is -2.14. The molecule has 1 aromatic carbocycles. The fraction of sp³-hybridized carbons (Fsp3) is 0.235. The Morgan fingerprint density at radius 2 is 1.76 bits per heavy atom. The van der Waals surface area contributed by atoms with Crippen molar-refractivity contribution < 1.29 is 9.59 Å². The van der Waals surface area contributed by atoms with E-state index in [2.05, 4.69) is 10.3 Å². The predicted octanol–water partition coefficient (Wildman–Crippen LogP) is 3.30. The summed E-state index contributed by atoms with van der Waals surface area (Å²) < 4.78 is 0. The molecule has 108 valence electrons. The van der Waals surface area contributed by atoms with E-state index < -0.39 is 0 Å². The fourth-order valence-corrected chi connectivity index (χ4v) is 2.06. The molecule has 0 unspecified atom stereocenters. The molecule has 4 heteroatoms. The molecule has 0 spiro atoms. The Morgan fingerprint density at radius 3 is 2.48 bits per heavy atom. The molecule has 1 heterocycles. The third kappa shape index (κ3) is 4.24. The maximum atomic E-state index is 12.2. The zero-order valence-electron chi connectivity index (χ0n) is 12.2. The summed E-state index contributed by atoms with van der Waals surface area (Å²) in [6.07, 6.45) is 3.60. The lowest BCUT2D eigenvalue weighted by molar-refractivity contribution is -0.116. The number of aromatic nitrogens is 1. The first kappa shape index (κ1) is 14.9. The average molecular weight is 282 g/mol. The van der Waals surface area contributed by atoms with Gasteiger partial charge in [-0.2, -0.15) is 0 Å². The van der Waals surface area contributed by atoms with Gasteiger partial charge in [0, 0.05) is 36.5 Å². The van der Waals surface area contributed by atoms with E-state index in [0.717, 1.165) is 11.1 Å². The second-order valence-corrected chi connectivity index (χ2v) is 5.03. The molecule has 1 N–H and O–H groups in total. The first-order valence-electron chi connectivity index (χ1n) is 6.86. The highest BCUT2D eigenvalue weighted by molar-refractivity contribution is 6.01. The van der Waals surface area contributed by atoms with Crippen LogP contribution in [-0.2, 0) is 4.79 Å². The highest BCUT2D eigenvalue weighted by Gasteiger charge is 2.12. The van der Waals surface area contributed by atoms with Crippen molar-refractivity contribution in [2.45, 2.75) is 26.7 Å². The van der Waals surface area contributed by atoms with Gasteiger partial charge in [-0.1, -0.05) is 17.7 Å². The maximum absolute atomic E-state index is 12.2. The number of amides is 1. The number of carbonyl (C=O) groups is 2. The standard InChI is InChI=1S/C17H18N2O2/c1-12-3-4-13(2)15(11-12)16(20)5-6-17(21)19-14-7-9-18-10-8-14/h3-4,7-11H,5-6H2,1-2H3,(H,18,19,21). The number of rotatable bonds is 5. The molecule has 0 fully saturated rings. The molecule has 0 bridgehead atoms. The van der Waals surface area contributed by atoms with E-state index in [9.17, 15) is 9.59 Å². The van der Waals surface area contributed by atoms with Crippen LogP contribution in [0.1, 0.15) is 34.3 Å². The van der Waals surface area contributed by atoms with Crippen LogP contribution in [0, 0.1) is 13.8 Å². The second kappa shape index (κ2) is 6.79. The van der Waals surface area contributed by atoms with E-state index in [0.29, 0.717) is 11.3 Å². The summed E-state index contributed by atoms with van der Waals surface area (Å²) in [6, 6.07) is 9.20. The first-order valence-corrected chi connectivity index (χ1v) is 6.86. The molecule has 1 amide bonds. The van der Waals surface area contributed by atoms with Crippen LogP contribution in [0.3, 0.4) is 0 Å². The second-order valence-electron chi connectivity index (χ2n) is 5.03. The van der Waals surface area contributed by atoms with Gasteiger partial charge in [-0.25, -0.2) is 0 Å². The number of Topliss-reactive ketones (excluding diaryl/α,β-unsaturated/α-hetero) is 1. The molecular weight excluding hydrogens is 264 g/mol. The van der Waals surface area contributed by atoms with E-state index in [4.69, 9.17) is 0 Å². The number of carbonyl (C=O) groups excluding carboxylic acids is 2. The van der Waals surface area contributed by atoms with Gasteiger partial charge >= 0.3 is 0 Å². The van der Waals surface area contributed by atoms with Gasteiger partial charge in [0.15, 0.2) is 5.78 Å². The van der Waals surface area contributed by atoms with Crippen molar-refractivity contribution in [1.82, 2.24) is 4.98 Å². The molecule has 1 aromatic heterocycles. The lowest BCUT2D eigenvalue weighted by atomic mass is 9.99. The zero-order valence-corrected chi connectivity index (χ0v) is 12.2. The van der Waals surface area contributed by atoms with Crippen molar-refractivity contribution in [2.75, 3.05) is 5.32 Å². The monoisotopic (exact) mass is 282 g/mol. The number of benzene rings is 1. The summed E-state index contributed by atoms with van der Waals surface area (Å²) >= 11 is 0. The molecule has 0 aliphatic carbocycles. The Hall–Kier alpha value is -2.49. The Balaban J connectivity index is 1.92. The molecule has 2 aromatic rings. The van der Waals surface area contributed by atoms with E-state index in [1.54, 1.807) is 24.5 Å². The van der Waals surface area contributed by atoms with Crippen LogP contribution < -0.4 is 5.32 Å². The van der Waals surface area contributed by atoms with Crippen LogP contribution >= 0.6 is 0 Å². The van der Waals surface area contributed by atoms with Gasteiger partial charge in [-0.15, -0.1) is 0 Å². The minimum atomic E-state index is -0.167. The van der Waals surface area contributed by atoms with Crippen molar-refractivity contribution >= 4 is 17.4 Å². The third-order valence-electron chi connectivity index (χ3n) is 3.24. The van der Waals surface area contributed by atoms with Crippen molar-refractivity contribution in [3.8, 4) is 0 Å². The summed E-state index contributed by atoms with van der Waals surface area (Å²) in [5, 5.41) is 2.74. The molecule has 0 saturated carbocycles. The van der Waals surface area contributed by atoms with Crippen molar-refractivity contribution in [2.24, 2.45) is 0 Å². The molecule has 0 atom stereocenters. The van der Waals surface area contributed by atoms with Gasteiger partial charge in [0.25, 0.3) is 0 Å². The van der Waals surface area contributed by atoms with Gasteiger partial charge in [0.1, 0.15) is 0 Å². The fourth-order valence-electron chi connectivity index (χ4n) is 2.06.